The van der Waals surface area contributed by atoms with Crippen molar-refractivity contribution >= 4 is 23.7 Å². The Morgan fingerprint density at radius 1 is 0.781 bits per heavy atom. The van der Waals surface area contributed by atoms with E-state index in [9.17, 15) is 24.3 Å². The van der Waals surface area contributed by atoms with Crippen LogP contribution in [0, 0.1) is 5.92 Å². The molecule has 32 heavy (non-hydrogen) atoms. The van der Waals surface area contributed by atoms with Crippen molar-refractivity contribution in [1.82, 2.24) is 16.0 Å². The van der Waals surface area contributed by atoms with Crippen molar-refractivity contribution in [2.24, 2.45) is 5.92 Å². The molecule has 3 atom stereocenters. The number of carboxylic acids is 1. The summed E-state index contributed by atoms with van der Waals surface area (Å²) in [5, 5.41) is 17.0. The summed E-state index contributed by atoms with van der Waals surface area (Å²) in [5.41, 5.74) is 1.24. The number of nitrogens with one attached hydrogen (secondary N) is 3. The topological polar surface area (TPSA) is 125 Å². The molecule has 0 unspecified atom stereocenters. The Balaban J connectivity index is 2.11. The first kappa shape index (κ1) is 24.6. The van der Waals surface area contributed by atoms with Gasteiger partial charge in [0.15, 0.2) is 0 Å². The molecule has 0 aliphatic heterocycles. The van der Waals surface area contributed by atoms with Crippen molar-refractivity contribution in [3.63, 3.8) is 0 Å². The van der Waals surface area contributed by atoms with E-state index in [4.69, 9.17) is 0 Å². The fourth-order valence-electron chi connectivity index (χ4n) is 3.06. The second-order valence-electron chi connectivity index (χ2n) is 7.88. The summed E-state index contributed by atoms with van der Waals surface area (Å²) in [6.07, 6.45) is 0.226. The summed E-state index contributed by atoms with van der Waals surface area (Å²) < 4.78 is 0. The number of hydrogen-bond donors (Lipinski definition) is 4. The number of amides is 3. The van der Waals surface area contributed by atoms with Gasteiger partial charge in [0.05, 0.1) is 0 Å². The van der Waals surface area contributed by atoms with E-state index in [1.165, 1.54) is 6.92 Å². The zero-order valence-electron chi connectivity index (χ0n) is 18.4. The molecule has 0 aliphatic rings. The second kappa shape index (κ2) is 11.6. The summed E-state index contributed by atoms with van der Waals surface area (Å²) in [7, 11) is 0. The van der Waals surface area contributed by atoms with Crippen LogP contribution in [0.4, 0.5) is 0 Å². The normalized spacial score (nSPS) is 13.5. The zero-order valence-corrected chi connectivity index (χ0v) is 18.4. The molecular formula is C24H29N3O5. The monoisotopic (exact) mass is 439 g/mol. The van der Waals surface area contributed by atoms with E-state index in [0.29, 0.717) is 5.56 Å². The average molecular weight is 440 g/mol. The minimum Gasteiger partial charge on any atom is -0.480 e. The Morgan fingerprint density at radius 3 is 1.88 bits per heavy atom. The third kappa shape index (κ3) is 7.23. The number of carbonyl (C=O) groups is 4. The zero-order chi connectivity index (χ0) is 23.7. The molecule has 0 radical (unpaired) electrons. The Bertz CT molecular complexity index is 931. The van der Waals surface area contributed by atoms with Crippen molar-refractivity contribution in [2.75, 3.05) is 0 Å². The van der Waals surface area contributed by atoms with Crippen molar-refractivity contribution in [3.8, 4) is 0 Å². The van der Waals surface area contributed by atoms with Gasteiger partial charge in [-0.1, -0.05) is 62.4 Å². The van der Waals surface area contributed by atoms with E-state index in [2.05, 4.69) is 16.0 Å². The van der Waals surface area contributed by atoms with Gasteiger partial charge in [0.2, 0.25) is 11.8 Å². The maximum atomic E-state index is 13.0. The van der Waals surface area contributed by atoms with E-state index in [-0.39, 0.29) is 12.3 Å². The predicted molar refractivity (Wildman–Crippen MR) is 120 cm³/mol. The van der Waals surface area contributed by atoms with Crippen LogP contribution in [0.1, 0.15) is 36.7 Å². The second-order valence-corrected chi connectivity index (χ2v) is 7.88. The smallest absolute Gasteiger partial charge is 0.326 e. The number of aliphatic carboxylic acids is 1. The maximum absolute atomic E-state index is 13.0. The lowest BCUT2D eigenvalue weighted by atomic mass is 10.0. The number of carbonyl (C=O) groups excluding carboxylic acids is 3. The molecule has 0 bridgehead atoms. The molecule has 0 spiro atoms. The van der Waals surface area contributed by atoms with Gasteiger partial charge in [-0.05, 0) is 30.5 Å². The molecule has 0 saturated carbocycles. The van der Waals surface area contributed by atoms with Crippen LogP contribution in [0.5, 0.6) is 0 Å². The van der Waals surface area contributed by atoms with Crippen molar-refractivity contribution in [2.45, 2.75) is 45.3 Å². The van der Waals surface area contributed by atoms with Gasteiger partial charge in [-0.25, -0.2) is 4.79 Å². The number of carboxylic acid groups (broad SMARTS) is 1. The molecule has 2 aromatic rings. The molecule has 0 fully saturated rings. The van der Waals surface area contributed by atoms with Crippen molar-refractivity contribution in [1.29, 1.82) is 0 Å². The summed E-state index contributed by atoms with van der Waals surface area (Å²) in [6.45, 7) is 4.82. The third-order valence-corrected chi connectivity index (χ3v) is 4.92. The predicted octanol–water partition coefficient (Wildman–Crippen LogP) is 1.76. The van der Waals surface area contributed by atoms with Crippen molar-refractivity contribution < 1.29 is 24.3 Å². The van der Waals surface area contributed by atoms with Gasteiger partial charge in [0.1, 0.15) is 18.1 Å². The van der Waals surface area contributed by atoms with E-state index >= 15 is 0 Å². The summed E-state index contributed by atoms with van der Waals surface area (Å²) in [5.74, 6) is -3.05. The number of rotatable bonds is 10. The Hall–Kier alpha value is -3.68. The Kier molecular flexibility index (Phi) is 8.95. The first-order chi connectivity index (χ1) is 15.2. The largest absolute Gasteiger partial charge is 0.480 e. The summed E-state index contributed by atoms with van der Waals surface area (Å²) in [6, 6.07) is 14.7. The summed E-state index contributed by atoms with van der Waals surface area (Å²) >= 11 is 0. The van der Waals surface area contributed by atoms with Crippen LogP contribution in [0.25, 0.3) is 0 Å². The Morgan fingerprint density at radius 2 is 1.34 bits per heavy atom. The van der Waals surface area contributed by atoms with Crippen LogP contribution in [0.15, 0.2) is 60.7 Å². The van der Waals surface area contributed by atoms with Gasteiger partial charge in [0, 0.05) is 12.0 Å². The first-order valence-corrected chi connectivity index (χ1v) is 10.4. The Labute approximate surface area is 187 Å². The number of benzene rings is 2. The molecule has 0 aromatic heterocycles. The van der Waals surface area contributed by atoms with Crippen molar-refractivity contribution in [3.05, 3.63) is 71.8 Å². The highest BCUT2D eigenvalue weighted by Crippen LogP contribution is 2.07. The van der Waals surface area contributed by atoms with E-state index < -0.39 is 41.8 Å². The SMILES string of the molecule is CC(C)[C@H](NC(=O)[C@H](C)NC(=O)[C@H](Cc1ccccc1)NC(=O)c1ccccc1)C(=O)O. The molecule has 0 heterocycles. The van der Waals surface area contributed by atoms with E-state index in [1.54, 1.807) is 44.2 Å². The van der Waals surface area contributed by atoms with Crippen LogP contribution >= 0.6 is 0 Å². The lowest BCUT2D eigenvalue weighted by molar-refractivity contribution is -0.143. The molecule has 2 aromatic carbocycles. The highest BCUT2D eigenvalue weighted by atomic mass is 16.4. The van der Waals surface area contributed by atoms with Gasteiger partial charge in [-0.15, -0.1) is 0 Å². The third-order valence-electron chi connectivity index (χ3n) is 4.92. The van der Waals surface area contributed by atoms with Crippen LogP contribution in [-0.4, -0.2) is 46.9 Å². The van der Waals surface area contributed by atoms with Crippen LogP contribution in [0.2, 0.25) is 0 Å². The molecule has 170 valence electrons. The van der Waals surface area contributed by atoms with E-state index in [1.807, 2.05) is 30.3 Å². The highest BCUT2D eigenvalue weighted by molar-refractivity contribution is 5.98. The quantitative estimate of drug-likeness (QED) is 0.449. The minimum atomic E-state index is -1.15. The van der Waals surface area contributed by atoms with Gasteiger partial charge < -0.3 is 21.1 Å². The van der Waals surface area contributed by atoms with Gasteiger partial charge in [0.25, 0.3) is 5.91 Å². The molecular weight excluding hydrogens is 410 g/mol. The van der Waals surface area contributed by atoms with Gasteiger partial charge in [-0.3, -0.25) is 14.4 Å². The lowest BCUT2D eigenvalue weighted by Gasteiger charge is -2.23. The molecule has 8 nitrogen and oxygen atoms in total. The lowest BCUT2D eigenvalue weighted by Crippen LogP contribution is -2.56. The number of hydrogen-bond acceptors (Lipinski definition) is 4. The molecule has 2 rings (SSSR count). The molecule has 4 N–H and O–H groups in total. The fourth-order valence-corrected chi connectivity index (χ4v) is 3.06. The molecule has 0 aliphatic carbocycles. The van der Waals surface area contributed by atoms with Crippen LogP contribution in [0.3, 0.4) is 0 Å². The minimum absolute atomic E-state index is 0.226. The molecule has 3 amide bonds. The van der Waals surface area contributed by atoms with Crippen LogP contribution in [-0.2, 0) is 20.8 Å². The van der Waals surface area contributed by atoms with Gasteiger partial charge >= 0.3 is 5.97 Å². The average Bonchev–Trinajstić information content (AvgIpc) is 2.77. The fraction of sp³-hybridized carbons (Fsp3) is 0.333. The maximum Gasteiger partial charge on any atom is 0.326 e. The van der Waals surface area contributed by atoms with E-state index in [0.717, 1.165) is 5.56 Å². The highest BCUT2D eigenvalue weighted by Gasteiger charge is 2.28. The summed E-state index contributed by atoms with van der Waals surface area (Å²) in [4.78, 5) is 49.4. The van der Waals surface area contributed by atoms with Crippen LogP contribution < -0.4 is 16.0 Å². The molecule has 0 saturated heterocycles. The molecule has 8 heteroatoms. The standard InChI is InChI=1S/C24H29N3O5/c1-15(2)20(24(31)32)27-21(28)16(3)25-23(30)19(14-17-10-6-4-7-11-17)26-22(29)18-12-8-5-9-13-18/h4-13,15-16,19-20H,14H2,1-3H3,(H,25,30)(H,26,29)(H,27,28)(H,31,32)/t16-,19-,20-/m0/s1. The van der Waals surface area contributed by atoms with Gasteiger partial charge in [-0.2, -0.15) is 0 Å². The first-order valence-electron chi connectivity index (χ1n) is 10.4.